The van der Waals surface area contributed by atoms with Crippen molar-refractivity contribution in [3.05, 3.63) is 0 Å². The van der Waals surface area contributed by atoms with Gasteiger partial charge in [0.25, 0.3) is 0 Å². The normalized spacial score (nSPS) is 33.0. The molecule has 3 heteroatoms. The van der Waals surface area contributed by atoms with Crippen LogP contribution in [0.15, 0.2) is 0 Å². The number of likely N-dealkylation sites (tertiary alicyclic amines) is 1. The third-order valence-corrected chi connectivity index (χ3v) is 3.25. The molecule has 1 heterocycles. The van der Waals surface area contributed by atoms with Crippen LogP contribution in [0.2, 0.25) is 0 Å². The highest BCUT2D eigenvalue weighted by atomic mass is 16.2. The lowest BCUT2D eigenvalue weighted by Crippen LogP contribution is -2.38. The van der Waals surface area contributed by atoms with Crippen molar-refractivity contribution in [1.29, 1.82) is 0 Å². The lowest BCUT2D eigenvalue weighted by molar-refractivity contribution is -0.141. The van der Waals surface area contributed by atoms with E-state index in [0.717, 1.165) is 19.3 Å². The van der Waals surface area contributed by atoms with Crippen LogP contribution in [0.4, 0.5) is 0 Å². The van der Waals surface area contributed by atoms with E-state index in [2.05, 4.69) is 5.92 Å². The predicted octanol–water partition coefficient (Wildman–Crippen LogP) is 0.793. The van der Waals surface area contributed by atoms with Crippen molar-refractivity contribution in [1.82, 2.24) is 4.90 Å². The zero-order valence-electron chi connectivity index (χ0n) is 8.19. The van der Waals surface area contributed by atoms with E-state index in [-0.39, 0.29) is 29.7 Å². The van der Waals surface area contributed by atoms with Crippen molar-refractivity contribution in [3.63, 3.8) is 0 Å². The second-order valence-corrected chi connectivity index (χ2v) is 4.03. The number of amides is 2. The average molecular weight is 191 g/mol. The first-order valence-electron chi connectivity index (χ1n) is 5.00. The summed E-state index contributed by atoms with van der Waals surface area (Å²) in [6.45, 7) is 1.72. The maximum absolute atomic E-state index is 11.8. The molecule has 3 unspecified atom stereocenters. The van der Waals surface area contributed by atoms with E-state index in [1.54, 1.807) is 6.92 Å². The summed E-state index contributed by atoms with van der Waals surface area (Å²) in [5.41, 5.74) is 0. The maximum atomic E-state index is 11.8. The Hall–Kier alpha value is -1.30. The molecule has 0 aromatic heterocycles. The lowest BCUT2D eigenvalue weighted by atomic mass is 10.00. The summed E-state index contributed by atoms with van der Waals surface area (Å²) >= 11 is 0. The van der Waals surface area contributed by atoms with Gasteiger partial charge >= 0.3 is 0 Å². The summed E-state index contributed by atoms with van der Waals surface area (Å²) in [7, 11) is 0. The Labute approximate surface area is 83.5 Å². The molecule has 3 atom stereocenters. The number of carbonyl (C=O) groups excluding carboxylic acids is 2. The summed E-state index contributed by atoms with van der Waals surface area (Å²) in [5, 5.41) is 0. The molecule has 2 rings (SSSR count). The monoisotopic (exact) mass is 191 g/mol. The number of imide groups is 1. The number of fused-ring (bicyclic) bond motifs is 1. The topological polar surface area (TPSA) is 37.4 Å². The molecule has 2 aliphatic rings. The summed E-state index contributed by atoms with van der Waals surface area (Å²) in [4.78, 5) is 24.9. The molecule has 3 nitrogen and oxygen atoms in total. The average Bonchev–Trinajstić information content (AvgIpc) is 2.72. The number of rotatable bonds is 1. The molecule has 1 aliphatic heterocycles. The van der Waals surface area contributed by atoms with E-state index in [4.69, 9.17) is 6.42 Å². The molecule has 1 aliphatic carbocycles. The van der Waals surface area contributed by atoms with Crippen LogP contribution < -0.4 is 0 Å². The molecule has 14 heavy (non-hydrogen) atoms. The van der Waals surface area contributed by atoms with E-state index >= 15 is 0 Å². The van der Waals surface area contributed by atoms with Crippen LogP contribution in [-0.2, 0) is 9.59 Å². The largest absolute Gasteiger partial charge is 0.274 e. The SMILES string of the molecule is C#CC(C)N1C(=O)C2CCCC2C1=O. The molecule has 0 aromatic carbocycles. The maximum Gasteiger partial charge on any atom is 0.234 e. The van der Waals surface area contributed by atoms with Gasteiger partial charge in [-0.15, -0.1) is 6.42 Å². The van der Waals surface area contributed by atoms with Gasteiger partial charge in [0.1, 0.15) is 0 Å². The second-order valence-electron chi connectivity index (χ2n) is 4.03. The summed E-state index contributed by atoms with van der Waals surface area (Å²) in [6.07, 6.45) is 7.92. The Balaban J connectivity index is 2.27. The Bertz CT molecular complexity index is 307. The van der Waals surface area contributed by atoms with Gasteiger partial charge in [-0.05, 0) is 19.8 Å². The molecule has 74 valence electrons. The Morgan fingerprint density at radius 3 is 2.29 bits per heavy atom. The minimum absolute atomic E-state index is 0.0528. The molecule has 1 saturated carbocycles. The molecule has 0 spiro atoms. The van der Waals surface area contributed by atoms with Gasteiger partial charge in [-0.3, -0.25) is 14.5 Å². The van der Waals surface area contributed by atoms with Gasteiger partial charge in [-0.2, -0.15) is 0 Å². The Morgan fingerprint density at radius 2 is 1.86 bits per heavy atom. The Morgan fingerprint density at radius 1 is 1.36 bits per heavy atom. The lowest BCUT2D eigenvalue weighted by Gasteiger charge is -2.18. The first kappa shape index (κ1) is 9.26. The fourth-order valence-corrected chi connectivity index (χ4v) is 2.47. The Kier molecular flexibility index (Phi) is 2.07. The van der Waals surface area contributed by atoms with Crippen LogP contribution in [0.25, 0.3) is 0 Å². The molecule has 0 bridgehead atoms. The van der Waals surface area contributed by atoms with Crippen molar-refractivity contribution in [2.45, 2.75) is 32.2 Å². The zero-order chi connectivity index (χ0) is 10.3. The predicted molar refractivity (Wildman–Crippen MR) is 51.0 cm³/mol. The third kappa shape index (κ3) is 1.07. The first-order chi connectivity index (χ1) is 6.66. The molecule has 1 saturated heterocycles. The highest BCUT2D eigenvalue weighted by Gasteiger charge is 2.50. The van der Waals surface area contributed by atoms with Crippen LogP contribution >= 0.6 is 0 Å². The molecular formula is C11H13NO2. The summed E-state index contributed by atoms with van der Waals surface area (Å²) in [5.74, 6) is 2.19. The number of nitrogens with zero attached hydrogens (tertiary/aromatic N) is 1. The van der Waals surface area contributed by atoms with Gasteiger partial charge in [-0.25, -0.2) is 0 Å². The summed E-state index contributed by atoms with van der Waals surface area (Å²) < 4.78 is 0. The van der Waals surface area contributed by atoms with Crippen LogP contribution in [-0.4, -0.2) is 22.8 Å². The molecule has 0 radical (unpaired) electrons. The van der Waals surface area contributed by atoms with Gasteiger partial charge < -0.3 is 0 Å². The first-order valence-corrected chi connectivity index (χ1v) is 5.00. The van der Waals surface area contributed by atoms with E-state index in [9.17, 15) is 9.59 Å². The molecular weight excluding hydrogens is 178 g/mol. The van der Waals surface area contributed by atoms with E-state index < -0.39 is 0 Å². The van der Waals surface area contributed by atoms with Crippen LogP contribution in [0.5, 0.6) is 0 Å². The highest BCUT2D eigenvalue weighted by molar-refractivity contribution is 6.06. The molecule has 2 fully saturated rings. The van der Waals surface area contributed by atoms with Crippen LogP contribution in [0, 0.1) is 24.2 Å². The van der Waals surface area contributed by atoms with Crippen molar-refractivity contribution in [2.24, 2.45) is 11.8 Å². The van der Waals surface area contributed by atoms with E-state index in [1.165, 1.54) is 4.90 Å². The van der Waals surface area contributed by atoms with Gasteiger partial charge in [0.2, 0.25) is 11.8 Å². The van der Waals surface area contributed by atoms with Gasteiger partial charge in [0.15, 0.2) is 0 Å². The van der Waals surface area contributed by atoms with E-state index in [1.807, 2.05) is 0 Å². The fraction of sp³-hybridized carbons (Fsp3) is 0.636. The van der Waals surface area contributed by atoms with Crippen LogP contribution in [0.3, 0.4) is 0 Å². The summed E-state index contributed by atoms with van der Waals surface area (Å²) in [6, 6.07) is -0.388. The van der Waals surface area contributed by atoms with Gasteiger partial charge in [0.05, 0.1) is 17.9 Å². The van der Waals surface area contributed by atoms with Crippen molar-refractivity contribution in [3.8, 4) is 12.3 Å². The number of carbonyl (C=O) groups is 2. The van der Waals surface area contributed by atoms with E-state index in [0.29, 0.717) is 0 Å². The standard InChI is InChI=1S/C11H13NO2/c1-3-7(2)12-10(13)8-5-4-6-9(8)11(12)14/h1,7-9H,4-6H2,2H3. The number of terminal acetylenes is 1. The molecule has 2 amide bonds. The number of hydrogen-bond acceptors (Lipinski definition) is 2. The highest BCUT2D eigenvalue weighted by Crippen LogP contribution is 2.40. The smallest absolute Gasteiger partial charge is 0.234 e. The second kappa shape index (κ2) is 3.13. The van der Waals surface area contributed by atoms with Crippen molar-refractivity contribution in [2.75, 3.05) is 0 Å². The van der Waals surface area contributed by atoms with Gasteiger partial charge in [0, 0.05) is 0 Å². The molecule has 0 N–H and O–H groups in total. The fourth-order valence-electron chi connectivity index (χ4n) is 2.47. The molecule has 0 aromatic rings. The van der Waals surface area contributed by atoms with Crippen molar-refractivity contribution < 1.29 is 9.59 Å². The number of hydrogen-bond donors (Lipinski definition) is 0. The third-order valence-electron chi connectivity index (χ3n) is 3.25. The quantitative estimate of drug-likeness (QED) is 0.454. The van der Waals surface area contributed by atoms with Gasteiger partial charge in [-0.1, -0.05) is 12.3 Å². The minimum Gasteiger partial charge on any atom is -0.274 e. The van der Waals surface area contributed by atoms with Crippen LogP contribution in [0.1, 0.15) is 26.2 Å². The van der Waals surface area contributed by atoms with Crippen molar-refractivity contribution >= 4 is 11.8 Å². The zero-order valence-corrected chi connectivity index (χ0v) is 8.19. The minimum atomic E-state index is -0.388.